The largest absolute Gasteiger partial charge is 0.310 e. The molecule has 0 radical (unpaired) electrons. The van der Waals surface area contributed by atoms with Crippen molar-refractivity contribution >= 4 is 23.1 Å². The van der Waals surface area contributed by atoms with Crippen LogP contribution in [0.5, 0.6) is 0 Å². The minimum absolute atomic E-state index is 0.577. The molecule has 0 saturated heterocycles. The van der Waals surface area contributed by atoms with Crippen LogP contribution in [0.15, 0.2) is 15.7 Å². The average Bonchev–Trinajstić information content (AvgIpc) is 2.72. The van der Waals surface area contributed by atoms with Crippen molar-refractivity contribution in [2.45, 2.75) is 49.6 Å². The molecule has 3 heteroatoms. The Kier molecular flexibility index (Phi) is 4.56. The van der Waals surface area contributed by atoms with E-state index in [1.807, 2.05) is 23.1 Å². The topological polar surface area (TPSA) is 12.0 Å². The van der Waals surface area contributed by atoms with Crippen molar-refractivity contribution in [3.8, 4) is 0 Å². The number of thioether (sulfide) groups is 1. The van der Waals surface area contributed by atoms with Crippen LogP contribution in [0.4, 0.5) is 0 Å². The van der Waals surface area contributed by atoms with Crippen molar-refractivity contribution in [1.29, 1.82) is 0 Å². The monoisotopic (exact) mass is 269 g/mol. The number of fused-ring (bicyclic) bond motifs is 1. The predicted octanol–water partition coefficient (Wildman–Crippen LogP) is 4.56. The zero-order valence-electron chi connectivity index (χ0n) is 11.2. The van der Waals surface area contributed by atoms with E-state index in [9.17, 15) is 0 Å². The van der Waals surface area contributed by atoms with Crippen LogP contribution in [0.3, 0.4) is 0 Å². The maximum absolute atomic E-state index is 3.77. The third-order valence-corrected chi connectivity index (χ3v) is 6.08. The number of thiophene rings is 1. The first-order valence-electron chi connectivity index (χ1n) is 6.55. The van der Waals surface area contributed by atoms with Gasteiger partial charge in [-0.05, 0) is 41.8 Å². The summed E-state index contributed by atoms with van der Waals surface area (Å²) >= 11 is 3.94. The van der Waals surface area contributed by atoms with E-state index in [0.29, 0.717) is 6.04 Å². The fraction of sp³-hybridized carbons (Fsp3) is 0.714. The summed E-state index contributed by atoms with van der Waals surface area (Å²) in [4.78, 5) is 0. The molecule has 1 nitrogen and oxygen atoms in total. The summed E-state index contributed by atoms with van der Waals surface area (Å²) in [5.74, 6) is 1.52. The summed E-state index contributed by atoms with van der Waals surface area (Å²) in [5.41, 5.74) is 1.54. The Hall–Kier alpha value is 0.0100. The molecule has 2 heterocycles. The van der Waals surface area contributed by atoms with E-state index in [1.54, 1.807) is 0 Å². The summed E-state index contributed by atoms with van der Waals surface area (Å²) in [6.45, 7) is 10.4. The number of hydrogen-bond donors (Lipinski definition) is 1. The second kappa shape index (κ2) is 5.77. The van der Waals surface area contributed by atoms with Gasteiger partial charge in [-0.1, -0.05) is 27.7 Å². The quantitative estimate of drug-likeness (QED) is 0.860. The predicted molar refractivity (Wildman–Crippen MR) is 79.0 cm³/mol. The smallest absolute Gasteiger partial charge is 0.0649 e. The highest BCUT2D eigenvalue weighted by molar-refractivity contribution is 8.01. The normalized spacial score (nSPS) is 25.9. The zero-order valence-corrected chi connectivity index (χ0v) is 12.8. The molecular weight excluding hydrogens is 246 g/mol. The molecule has 1 N–H and O–H groups in total. The van der Waals surface area contributed by atoms with Crippen LogP contribution in [0.1, 0.15) is 45.7 Å². The number of rotatable bonds is 4. The Labute approximate surface area is 113 Å². The fourth-order valence-corrected chi connectivity index (χ4v) is 4.67. The number of nitrogens with one attached hydrogen (secondary N) is 1. The van der Waals surface area contributed by atoms with Gasteiger partial charge in [-0.15, -0.1) is 23.1 Å². The molecule has 1 aliphatic heterocycles. The summed E-state index contributed by atoms with van der Waals surface area (Å²) in [5, 5.41) is 6.74. The van der Waals surface area contributed by atoms with Crippen LogP contribution < -0.4 is 5.32 Å². The zero-order chi connectivity index (χ0) is 12.4. The van der Waals surface area contributed by atoms with E-state index in [0.717, 1.165) is 23.6 Å². The third-order valence-electron chi connectivity index (χ3n) is 3.73. The third kappa shape index (κ3) is 3.27. The molecule has 3 atom stereocenters. The van der Waals surface area contributed by atoms with E-state index < -0.39 is 0 Å². The highest BCUT2D eigenvalue weighted by Crippen LogP contribution is 2.43. The van der Waals surface area contributed by atoms with Crippen molar-refractivity contribution in [3.63, 3.8) is 0 Å². The summed E-state index contributed by atoms with van der Waals surface area (Å²) in [7, 11) is 0. The SMILES string of the molecule is CC(C)C(C)CNC1C[C@H](C)Sc2sccc21. The molecule has 17 heavy (non-hydrogen) atoms. The maximum atomic E-state index is 3.77. The lowest BCUT2D eigenvalue weighted by Crippen LogP contribution is -2.31. The lowest BCUT2D eigenvalue weighted by molar-refractivity contribution is 0.360. The molecule has 0 aromatic carbocycles. The van der Waals surface area contributed by atoms with Crippen molar-refractivity contribution < 1.29 is 0 Å². The fourth-order valence-electron chi connectivity index (χ4n) is 2.11. The lowest BCUT2D eigenvalue weighted by atomic mass is 9.97. The molecule has 2 unspecified atom stereocenters. The molecule has 0 bridgehead atoms. The second-order valence-electron chi connectivity index (χ2n) is 5.51. The van der Waals surface area contributed by atoms with E-state index in [1.165, 1.54) is 16.2 Å². The molecule has 0 fully saturated rings. The molecule has 0 amide bonds. The highest BCUT2D eigenvalue weighted by atomic mass is 32.2. The number of hydrogen-bond acceptors (Lipinski definition) is 3. The summed E-state index contributed by atoms with van der Waals surface area (Å²) in [6.07, 6.45) is 1.26. The Bertz CT molecular complexity index is 359. The van der Waals surface area contributed by atoms with Crippen molar-refractivity contribution in [2.24, 2.45) is 11.8 Å². The van der Waals surface area contributed by atoms with Crippen LogP contribution >= 0.6 is 23.1 Å². The van der Waals surface area contributed by atoms with Gasteiger partial charge in [0.25, 0.3) is 0 Å². The van der Waals surface area contributed by atoms with Gasteiger partial charge in [0.1, 0.15) is 0 Å². The minimum Gasteiger partial charge on any atom is -0.310 e. The van der Waals surface area contributed by atoms with Gasteiger partial charge in [-0.2, -0.15) is 0 Å². The van der Waals surface area contributed by atoms with E-state index in [-0.39, 0.29) is 0 Å². The van der Waals surface area contributed by atoms with Crippen molar-refractivity contribution in [3.05, 3.63) is 17.0 Å². The maximum Gasteiger partial charge on any atom is 0.0649 e. The van der Waals surface area contributed by atoms with Crippen LogP contribution in [0.2, 0.25) is 0 Å². The summed E-state index contributed by atoms with van der Waals surface area (Å²) < 4.78 is 1.53. The molecule has 1 aromatic rings. The Balaban J connectivity index is 1.98. The standard InChI is InChI=1S/C14H23NS2/c1-9(2)10(3)8-15-13-7-11(4)17-14-12(13)5-6-16-14/h5-6,9-11,13,15H,7-8H2,1-4H3/t10?,11-,13?/m0/s1. The first-order chi connectivity index (χ1) is 8.08. The van der Waals surface area contributed by atoms with Gasteiger partial charge in [0.2, 0.25) is 0 Å². The van der Waals surface area contributed by atoms with Gasteiger partial charge in [0, 0.05) is 11.3 Å². The van der Waals surface area contributed by atoms with E-state index >= 15 is 0 Å². The molecular formula is C14H23NS2. The first kappa shape index (κ1) is 13.4. The Morgan fingerprint density at radius 2 is 2.18 bits per heavy atom. The van der Waals surface area contributed by atoms with Gasteiger partial charge in [-0.3, -0.25) is 0 Å². The van der Waals surface area contributed by atoms with Gasteiger partial charge < -0.3 is 5.32 Å². The van der Waals surface area contributed by atoms with Crippen LogP contribution in [-0.4, -0.2) is 11.8 Å². The molecule has 1 aromatic heterocycles. The molecule has 0 spiro atoms. The highest BCUT2D eigenvalue weighted by Gasteiger charge is 2.26. The summed E-state index contributed by atoms with van der Waals surface area (Å²) in [6, 6.07) is 2.88. The second-order valence-corrected chi connectivity index (χ2v) is 8.13. The van der Waals surface area contributed by atoms with Crippen molar-refractivity contribution in [1.82, 2.24) is 5.32 Å². The minimum atomic E-state index is 0.577. The Morgan fingerprint density at radius 1 is 1.41 bits per heavy atom. The average molecular weight is 269 g/mol. The molecule has 0 aliphatic carbocycles. The van der Waals surface area contributed by atoms with Crippen LogP contribution in [0, 0.1) is 11.8 Å². The van der Waals surface area contributed by atoms with Gasteiger partial charge in [0.05, 0.1) is 4.21 Å². The van der Waals surface area contributed by atoms with Gasteiger partial charge >= 0.3 is 0 Å². The van der Waals surface area contributed by atoms with Gasteiger partial charge in [0.15, 0.2) is 0 Å². The molecule has 2 rings (SSSR count). The van der Waals surface area contributed by atoms with Crippen LogP contribution in [0.25, 0.3) is 0 Å². The molecule has 96 valence electrons. The molecule has 1 aliphatic rings. The van der Waals surface area contributed by atoms with Crippen LogP contribution in [-0.2, 0) is 0 Å². The first-order valence-corrected chi connectivity index (χ1v) is 8.31. The van der Waals surface area contributed by atoms with E-state index in [2.05, 4.69) is 44.5 Å². The molecule has 0 saturated carbocycles. The van der Waals surface area contributed by atoms with E-state index in [4.69, 9.17) is 0 Å². The lowest BCUT2D eigenvalue weighted by Gasteiger charge is -2.29. The Morgan fingerprint density at radius 3 is 2.88 bits per heavy atom. The van der Waals surface area contributed by atoms with Gasteiger partial charge in [-0.25, -0.2) is 0 Å². The van der Waals surface area contributed by atoms with Crippen molar-refractivity contribution in [2.75, 3.05) is 6.54 Å².